The quantitative estimate of drug-likeness (QED) is 0.284. The molecule has 3 aromatic carbocycles. The number of benzene rings is 3. The van der Waals surface area contributed by atoms with Crippen LogP contribution in [0.4, 0.5) is 0 Å². The molecule has 0 spiro atoms. The van der Waals surface area contributed by atoms with Crippen molar-refractivity contribution < 1.29 is 0 Å². The Morgan fingerprint density at radius 2 is 1.33 bits per heavy atom. The van der Waals surface area contributed by atoms with Gasteiger partial charge in [0.1, 0.15) is 0 Å². The summed E-state index contributed by atoms with van der Waals surface area (Å²) >= 11 is 0. The molecule has 0 aliphatic carbocycles. The number of hydrogen-bond acceptors (Lipinski definition) is 3. The van der Waals surface area contributed by atoms with Gasteiger partial charge >= 0.3 is 0 Å². The van der Waals surface area contributed by atoms with Gasteiger partial charge in [-0.2, -0.15) is 0 Å². The van der Waals surface area contributed by atoms with Gasteiger partial charge in [0.15, 0.2) is 0 Å². The molecule has 0 amide bonds. The normalized spacial score (nSPS) is 11.6. The summed E-state index contributed by atoms with van der Waals surface area (Å²) < 4.78 is 0. The summed E-state index contributed by atoms with van der Waals surface area (Å²) in [5.74, 6) is 0. The zero-order chi connectivity index (χ0) is 19.1. The fourth-order valence-electron chi connectivity index (χ4n) is 3.89. The van der Waals surface area contributed by atoms with E-state index < -0.39 is 0 Å². The van der Waals surface area contributed by atoms with Crippen molar-refractivity contribution in [2.75, 3.05) is 19.6 Å². The Morgan fingerprint density at radius 1 is 0.800 bits per heavy atom. The van der Waals surface area contributed by atoms with Crippen molar-refractivity contribution in [1.82, 2.24) is 4.90 Å². The molecule has 0 fully saturated rings. The predicted molar refractivity (Wildman–Crippen MR) is 140 cm³/mol. The highest BCUT2D eigenvalue weighted by Gasteiger charge is 2.12. The van der Waals surface area contributed by atoms with E-state index in [4.69, 9.17) is 11.5 Å². The van der Waals surface area contributed by atoms with Gasteiger partial charge in [-0.25, -0.2) is 0 Å². The van der Waals surface area contributed by atoms with Gasteiger partial charge in [-0.1, -0.05) is 48.5 Å². The number of nitrogens with zero attached hydrogens (tertiary/aromatic N) is 1. The van der Waals surface area contributed by atoms with Gasteiger partial charge in [0.25, 0.3) is 0 Å². The summed E-state index contributed by atoms with van der Waals surface area (Å²) in [6.45, 7) is 6.02. The molecule has 0 aliphatic rings. The maximum atomic E-state index is 5.97. The first-order chi connectivity index (χ1) is 13.2. The lowest BCUT2D eigenvalue weighted by atomic mass is 9.96. The molecule has 0 aliphatic heterocycles. The molecule has 0 bridgehead atoms. The molecule has 3 aromatic rings. The van der Waals surface area contributed by atoms with Crippen LogP contribution < -0.4 is 11.5 Å². The summed E-state index contributed by atoms with van der Waals surface area (Å²) in [6, 6.07) is 20.1. The number of halogens is 3. The number of rotatable bonds is 10. The van der Waals surface area contributed by atoms with Crippen LogP contribution in [0.2, 0.25) is 0 Å². The van der Waals surface area contributed by atoms with E-state index in [2.05, 4.69) is 66.4 Å². The number of nitrogens with two attached hydrogens (primary N) is 2. The van der Waals surface area contributed by atoms with Crippen LogP contribution in [0.1, 0.15) is 38.2 Å². The van der Waals surface area contributed by atoms with Gasteiger partial charge in [-0.3, -0.25) is 4.90 Å². The maximum absolute atomic E-state index is 5.97. The highest BCUT2D eigenvalue weighted by Crippen LogP contribution is 2.29. The Bertz CT molecular complexity index is 817. The smallest absolute Gasteiger partial charge is 0.0246 e. The molecule has 3 nitrogen and oxygen atoms in total. The summed E-state index contributed by atoms with van der Waals surface area (Å²) in [7, 11) is 0. The topological polar surface area (TPSA) is 55.3 Å². The molecule has 0 aromatic heterocycles. The summed E-state index contributed by atoms with van der Waals surface area (Å²) in [4.78, 5) is 2.59. The predicted octanol–water partition coefficient (Wildman–Crippen LogP) is 5.93. The van der Waals surface area contributed by atoms with Crippen LogP contribution in [0.3, 0.4) is 0 Å². The number of hydrogen-bond donors (Lipinski definition) is 2. The minimum Gasteiger partial charge on any atom is -0.330 e. The molecular formula is C24H36Cl3N3. The fraction of sp³-hybridized carbons (Fsp3) is 0.417. The molecule has 0 heterocycles. The Hall–Kier alpha value is -1.07. The van der Waals surface area contributed by atoms with E-state index in [1.807, 2.05) is 0 Å². The van der Waals surface area contributed by atoms with Crippen molar-refractivity contribution in [3.8, 4) is 0 Å². The lowest BCUT2D eigenvalue weighted by Crippen LogP contribution is -2.27. The molecule has 0 radical (unpaired) electrons. The molecule has 1 unspecified atom stereocenters. The summed E-state index contributed by atoms with van der Waals surface area (Å²) in [5.41, 5.74) is 13.1. The highest BCUT2D eigenvalue weighted by atomic mass is 35.5. The van der Waals surface area contributed by atoms with Crippen LogP contribution in [-0.2, 0) is 6.54 Å². The van der Waals surface area contributed by atoms with E-state index in [0.29, 0.717) is 0 Å². The van der Waals surface area contributed by atoms with E-state index in [1.165, 1.54) is 27.1 Å². The Balaban J connectivity index is 0.00000280. The molecule has 0 saturated carbocycles. The Morgan fingerprint density at radius 3 is 1.87 bits per heavy atom. The van der Waals surface area contributed by atoms with Crippen LogP contribution in [0.15, 0.2) is 54.6 Å². The third-order valence-electron chi connectivity index (χ3n) is 5.33. The molecule has 4 N–H and O–H groups in total. The monoisotopic (exact) mass is 471 g/mol. The van der Waals surface area contributed by atoms with E-state index in [0.717, 1.165) is 51.9 Å². The van der Waals surface area contributed by atoms with Gasteiger partial charge < -0.3 is 11.5 Å². The largest absolute Gasteiger partial charge is 0.330 e. The van der Waals surface area contributed by atoms with Crippen molar-refractivity contribution >= 4 is 58.8 Å². The van der Waals surface area contributed by atoms with Gasteiger partial charge in [0, 0.05) is 12.6 Å². The second kappa shape index (κ2) is 14.9. The van der Waals surface area contributed by atoms with Gasteiger partial charge in [0.05, 0.1) is 0 Å². The SMILES string of the molecule is CC(N)CCCN(CCCCN)Cc1c2ccccc2cc2ccccc12.Cl.Cl.Cl. The molecule has 3 rings (SSSR count). The average molecular weight is 473 g/mol. The van der Waals surface area contributed by atoms with E-state index in [9.17, 15) is 0 Å². The van der Waals surface area contributed by atoms with Crippen molar-refractivity contribution in [3.05, 3.63) is 60.2 Å². The van der Waals surface area contributed by atoms with Crippen LogP contribution in [0.25, 0.3) is 21.5 Å². The molecule has 6 heteroatoms. The summed E-state index contributed by atoms with van der Waals surface area (Å²) in [6.07, 6.45) is 4.45. The molecule has 30 heavy (non-hydrogen) atoms. The third kappa shape index (κ3) is 7.88. The van der Waals surface area contributed by atoms with Crippen molar-refractivity contribution in [1.29, 1.82) is 0 Å². The molecular weight excluding hydrogens is 437 g/mol. The van der Waals surface area contributed by atoms with Crippen LogP contribution >= 0.6 is 37.2 Å². The van der Waals surface area contributed by atoms with E-state index in [-0.39, 0.29) is 43.3 Å². The zero-order valence-corrected chi connectivity index (χ0v) is 20.2. The molecule has 1 atom stereocenters. The first-order valence-electron chi connectivity index (χ1n) is 10.3. The first kappa shape index (κ1) is 28.9. The number of fused-ring (bicyclic) bond motifs is 2. The number of unbranched alkanes of at least 4 members (excludes halogenated alkanes) is 1. The third-order valence-corrected chi connectivity index (χ3v) is 5.33. The van der Waals surface area contributed by atoms with E-state index in [1.54, 1.807) is 0 Å². The van der Waals surface area contributed by atoms with Gasteiger partial charge in [-0.05, 0) is 85.4 Å². The minimum absolute atomic E-state index is 0. The lowest BCUT2D eigenvalue weighted by molar-refractivity contribution is 0.254. The molecule has 0 saturated heterocycles. The highest BCUT2D eigenvalue weighted by molar-refractivity contribution is 6.02. The lowest BCUT2D eigenvalue weighted by Gasteiger charge is -2.24. The van der Waals surface area contributed by atoms with Gasteiger partial charge in [0.2, 0.25) is 0 Å². The second-order valence-corrected chi connectivity index (χ2v) is 7.69. The summed E-state index contributed by atoms with van der Waals surface area (Å²) in [5, 5.41) is 5.38. The first-order valence-corrected chi connectivity index (χ1v) is 10.3. The van der Waals surface area contributed by atoms with Crippen molar-refractivity contribution in [3.63, 3.8) is 0 Å². The van der Waals surface area contributed by atoms with Crippen LogP contribution in [0.5, 0.6) is 0 Å². The standard InChI is InChI=1S/C24H33N3.3ClH/c1-19(26)9-8-16-27(15-7-6-14-25)18-24-22-12-4-2-10-20(22)17-21-11-3-5-13-23(21)24;;;/h2-5,10-13,17,19H,6-9,14-16,18,25-26H2,1H3;3*1H. The Kier molecular flexibility index (Phi) is 14.3. The fourth-order valence-corrected chi connectivity index (χ4v) is 3.89. The van der Waals surface area contributed by atoms with Crippen molar-refractivity contribution in [2.24, 2.45) is 11.5 Å². The van der Waals surface area contributed by atoms with Crippen LogP contribution in [0, 0.1) is 0 Å². The Labute approximate surface area is 199 Å². The zero-order valence-electron chi connectivity index (χ0n) is 17.8. The maximum Gasteiger partial charge on any atom is 0.0246 e. The van der Waals surface area contributed by atoms with Gasteiger partial charge in [-0.15, -0.1) is 37.2 Å². The van der Waals surface area contributed by atoms with E-state index >= 15 is 0 Å². The molecule has 168 valence electrons. The van der Waals surface area contributed by atoms with Crippen LogP contribution in [-0.4, -0.2) is 30.6 Å². The minimum atomic E-state index is 0. The van der Waals surface area contributed by atoms with Crippen molar-refractivity contribution in [2.45, 2.75) is 45.2 Å². The average Bonchev–Trinajstić information content (AvgIpc) is 2.67. The second-order valence-electron chi connectivity index (χ2n) is 7.69.